The molecule has 0 fully saturated rings. The molecule has 390 valence electrons. The van der Waals surface area contributed by atoms with Crippen molar-refractivity contribution in [3.05, 3.63) is 195 Å². The fourth-order valence-electron chi connectivity index (χ4n) is 11.3. The number of hydrogen-bond acceptors (Lipinski definition) is 2. The predicted molar refractivity (Wildman–Crippen MR) is 314 cm³/mol. The molecule has 1 aliphatic carbocycles. The molecular formula is C70H72N4OPt-2. The van der Waals surface area contributed by atoms with E-state index < -0.39 is 71.3 Å². The molecule has 10 aromatic rings. The summed E-state index contributed by atoms with van der Waals surface area (Å²) in [4.78, 5) is 5.01. The first-order valence-corrected chi connectivity index (χ1v) is 27.3. The van der Waals surface area contributed by atoms with Crippen molar-refractivity contribution in [2.75, 3.05) is 0 Å². The summed E-state index contributed by atoms with van der Waals surface area (Å²) in [7, 11) is 0. The second-order valence-electron chi connectivity index (χ2n) is 25.4. The molecule has 0 N–H and O–H groups in total. The van der Waals surface area contributed by atoms with Crippen LogP contribution in [0.1, 0.15) is 151 Å². The Balaban J connectivity index is 1.23. The Morgan fingerprint density at radius 3 is 1.75 bits per heavy atom. The zero-order chi connectivity index (χ0) is 62.9. The quantitative estimate of drug-likeness (QED) is 0.149. The first kappa shape index (κ1) is 40.7. The van der Waals surface area contributed by atoms with Crippen molar-refractivity contribution in [3.8, 4) is 50.9 Å². The van der Waals surface area contributed by atoms with Gasteiger partial charge in [-0.1, -0.05) is 47.6 Å². The number of hydrogen-bond donors (Lipinski definition) is 0. The van der Waals surface area contributed by atoms with Crippen molar-refractivity contribution in [1.29, 1.82) is 0 Å². The number of aromatic nitrogens is 4. The van der Waals surface area contributed by atoms with Gasteiger partial charge in [-0.05, 0) is 40.4 Å². The molecule has 7 aromatic carbocycles. The Labute approximate surface area is 476 Å². The minimum atomic E-state index is -0.656. The predicted octanol–water partition coefficient (Wildman–Crippen LogP) is 18.5. The van der Waals surface area contributed by atoms with E-state index in [-0.39, 0.29) is 49.6 Å². The van der Waals surface area contributed by atoms with Crippen molar-refractivity contribution >= 4 is 32.8 Å². The van der Waals surface area contributed by atoms with Crippen LogP contribution in [-0.4, -0.2) is 18.7 Å². The minimum absolute atomic E-state index is 0.103. The summed E-state index contributed by atoms with van der Waals surface area (Å²) in [5.41, 5.74) is 8.63. The summed E-state index contributed by atoms with van der Waals surface area (Å²) in [6.45, 7) is 35.0. The topological polar surface area (TPSA) is 36.9 Å². The van der Waals surface area contributed by atoms with Crippen LogP contribution in [0.25, 0.3) is 72.3 Å². The molecule has 0 amide bonds. The number of fused-ring (bicyclic) bond motifs is 6. The van der Waals surface area contributed by atoms with Gasteiger partial charge in [0.05, 0.1) is 0 Å². The molecule has 5 nitrogen and oxygen atoms in total. The van der Waals surface area contributed by atoms with E-state index in [4.69, 9.17) is 17.9 Å². The van der Waals surface area contributed by atoms with Crippen LogP contribution in [0.5, 0.6) is 11.5 Å². The SMILES string of the molecule is [2H]c1c([2H])c([2H])c(-c2cc(C(C)(C)C)cc(-c3c([2H])c([2H])c([2H])c([2H])c3[2H])c2-n2[c](=[Pt])n(-c3[c-]c(Oc4[c-]c5c(cc4)c4ccc6c(c4n5-c4cc(C)ccn4)C(C)(C)C(C)(C)C6(C)C)cc(C(C)(C)C)c3)c3cc(C(C)(C)C)ccc32)c([2H])c1[2H]. The van der Waals surface area contributed by atoms with Gasteiger partial charge in [0.1, 0.15) is 0 Å². The van der Waals surface area contributed by atoms with Gasteiger partial charge in [0.25, 0.3) is 0 Å². The number of ether oxygens (including phenoxy) is 1. The molecule has 0 atom stereocenters. The summed E-state index contributed by atoms with van der Waals surface area (Å²) in [5, 5.41) is 2.11. The van der Waals surface area contributed by atoms with E-state index in [9.17, 15) is 5.48 Å². The average Bonchev–Trinajstić information content (AvgIpc) is 1.53. The number of pyridine rings is 1. The summed E-state index contributed by atoms with van der Waals surface area (Å²) >= 11 is 2.25. The Kier molecular flexibility index (Phi) is 9.50. The molecule has 0 radical (unpaired) electrons. The van der Waals surface area contributed by atoms with Gasteiger partial charge >= 0.3 is 384 Å². The van der Waals surface area contributed by atoms with Crippen LogP contribution < -0.4 is 4.74 Å². The molecule has 11 rings (SSSR count). The van der Waals surface area contributed by atoms with Crippen LogP contribution in [0.15, 0.2) is 145 Å². The zero-order valence-corrected chi connectivity index (χ0v) is 48.9. The summed E-state index contributed by atoms with van der Waals surface area (Å²) < 4.78 is 105. The van der Waals surface area contributed by atoms with Gasteiger partial charge in [-0.3, -0.25) is 0 Å². The maximum absolute atomic E-state index is 9.50. The molecule has 0 unspecified atom stereocenters. The van der Waals surface area contributed by atoms with E-state index in [2.05, 4.69) is 167 Å². The second-order valence-corrected chi connectivity index (χ2v) is 26.4. The van der Waals surface area contributed by atoms with Crippen molar-refractivity contribution < 1.29 is 37.8 Å². The fourth-order valence-corrected chi connectivity index (χ4v) is 12.4. The van der Waals surface area contributed by atoms with Crippen LogP contribution in [0.2, 0.25) is 0 Å². The fraction of sp³-hybridized carbons (Fsp3) is 0.314. The average molecular weight is 1190 g/mol. The van der Waals surface area contributed by atoms with Gasteiger partial charge in [0.2, 0.25) is 0 Å². The van der Waals surface area contributed by atoms with Gasteiger partial charge in [-0.25, -0.2) is 0 Å². The monoisotopic (exact) mass is 1190 g/mol. The van der Waals surface area contributed by atoms with Crippen LogP contribution in [-0.2, 0) is 46.4 Å². The summed E-state index contributed by atoms with van der Waals surface area (Å²) in [5.74, 6) is 1.65. The van der Waals surface area contributed by atoms with Gasteiger partial charge in [0.15, 0.2) is 0 Å². The van der Waals surface area contributed by atoms with Gasteiger partial charge in [-0.2, -0.15) is 0 Å². The molecule has 0 bridgehead atoms. The van der Waals surface area contributed by atoms with Crippen LogP contribution in [0.3, 0.4) is 0 Å². The van der Waals surface area contributed by atoms with Gasteiger partial charge in [0, 0.05) is 6.20 Å². The van der Waals surface area contributed by atoms with Crippen LogP contribution >= 0.6 is 0 Å². The number of imidazole rings is 1. The van der Waals surface area contributed by atoms with Crippen molar-refractivity contribution in [2.24, 2.45) is 5.41 Å². The number of nitrogens with zero attached hydrogens (tertiary/aromatic N) is 4. The van der Waals surface area contributed by atoms with E-state index in [0.717, 1.165) is 44.3 Å². The first-order chi connectivity index (χ1) is 39.8. The standard InChI is InChI=1S/C70H72N4O.Pt/c1-44-33-34-71-61(35-44)74-59-42-51(28-29-53(59)54-30-31-57-62(64(54)74)69(13,14)70(15,16)68(57,11)12)75-52-37-48(66(5,6)7)36-50(41-52)72-43-73(58-32-27-47(40-60(58)72)65(2,3)4)63-55(45-23-19-17-20-24-45)38-49(67(8,9)10)39-56(63)46-25-21-18-22-26-46;/h17-40H,1-16H3;/q-2;/i17D,18D,19D,20D,21D,22D,23D,24D,25D,26D;. The summed E-state index contributed by atoms with van der Waals surface area (Å²) in [6.07, 6.45) is 1.85. The van der Waals surface area contributed by atoms with Gasteiger partial charge < -0.3 is 0 Å². The third-order valence-electron chi connectivity index (χ3n) is 16.9. The Hall–Kier alpha value is -6.55. The first-order valence-electron chi connectivity index (χ1n) is 31.1. The molecule has 3 heterocycles. The van der Waals surface area contributed by atoms with Gasteiger partial charge in [-0.15, -0.1) is 0 Å². The molecule has 1 aliphatic rings. The molecule has 0 saturated carbocycles. The second kappa shape index (κ2) is 17.8. The van der Waals surface area contributed by atoms with Crippen molar-refractivity contribution in [2.45, 2.75) is 138 Å². The molecule has 3 aromatic heterocycles. The molecule has 0 spiro atoms. The number of aryl methyl sites for hydroxylation is 1. The van der Waals surface area contributed by atoms with E-state index in [1.807, 2.05) is 74.0 Å². The Morgan fingerprint density at radius 2 is 1.16 bits per heavy atom. The van der Waals surface area contributed by atoms with E-state index in [1.54, 1.807) is 0 Å². The molecule has 6 heteroatoms. The Morgan fingerprint density at radius 1 is 0.566 bits per heavy atom. The van der Waals surface area contributed by atoms with Crippen LogP contribution in [0, 0.1) is 28.3 Å². The van der Waals surface area contributed by atoms with E-state index in [0.29, 0.717) is 37.6 Å². The Bertz CT molecular complexity index is 4490. The van der Waals surface area contributed by atoms with Crippen molar-refractivity contribution in [1.82, 2.24) is 18.7 Å². The molecule has 0 aliphatic heterocycles. The third-order valence-corrected chi connectivity index (χ3v) is 17.9. The van der Waals surface area contributed by atoms with Crippen molar-refractivity contribution in [3.63, 3.8) is 0 Å². The third kappa shape index (κ3) is 8.21. The molecular weight excluding hydrogens is 1110 g/mol. The zero-order valence-electron chi connectivity index (χ0n) is 56.6. The van der Waals surface area contributed by atoms with Crippen LogP contribution in [0.4, 0.5) is 0 Å². The summed E-state index contributed by atoms with van der Waals surface area (Å²) in [6, 6.07) is 28.9. The normalized spacial score (nSPS) is 17.1. The molecule has 76 heavy (non-hydrogen) atoms. The van der Waals surface area contributed by atoms with E-state index in [1.165, 1.54) is 11.1 Å². The van der Waals surface area contributed by atoms with E-state index >= 15 is 0 Å². The number of benzene rings is 7. The number of rotatable bonds is 7. The molecule has 0 saturated heterocycles. The maximum atomic E-state index is 9.50.